The van der Waals surface area contributed by atoms with Crippen LogP contribution in [0.5, 0.6) is 0 Å². The average Bonchev–Trinajstić information content (AvgIpc) is 2.40. The lowest BCUT2D eigenvalue weighted by Gasteiger charge is -2.57. The molecule has 0 unspecified atom stereocenters. The molecule has 4 aliphatic rings. The Morgan fingerprint density at radius 2 is 1.61 bits per heavy atom. The number of carbonyl (C=O) groups is 1. The highest BCUT2D eigenvalue weighted by molar-refractivity contribution is 7.87. The van der Waals surface area contributed by atoms with Gasteiger partial charge in [0.05, 0.1) is 6.61 Å². The van der Waals surface area contributed by atoms with Gasteiger partial charge in [-0.3, -0.25) is 4.55 Å². The lowest BCUT2D eigenvalue weighted by Crippen LogP contribution is -2.46. The largest absolute Gasteiger partial charge is 0.465 e. The summed E-state index contributed by atoms with van der Waals surface area (Å²) in [7, 11) is -5.78. The van der Waals surface area contributed by atoms with E-state index in [0.29, 0.717) is 6.42 Å². The zero-order valence-corrected chi connectivity index (χ0v) is 13.7. The van der Waals surface area contributed by atoms with Crippen LogP contribution in [-0.4, -0.2) is 30.8 Å². The molecule has 0 amide bonds. The Hall–Kier alpha value is -0.760. The quantitative estimate of drug-likeness (QED) is 0.451. The summed E-state index contributed by atoms with van der Waals surface area (Å²) >= 11 is 0. The van der Waals surface area contributed by atoms with E-state index in [4.69, 9.17) is 4.55 Å². The second-order valence-corrected chi connectivity index (χ2v) is 9.11. The van der Waals surface area contributed by atoms with Gasteiger partial charge in [-0.1, -0.05) is 0 Å². The molecule has 4 aliphatic carbocycles. The van der Waals surface area contributed by atoms with Crippen molar-refractivity contribution in [2.24, 2.45) is 23.2 Å². The molecular weight excluding hydrogens is 330 g/mol. The first-order chi connectivity index (χ1) is 10.6. The first-order valence-corrected chi connectivity index (χ1v) is 9.57. The van der Waals surface area contributed by atoms with E-state index in [2.05, 4.69) is 4.74 Å². The third-order valence-electron chi connectivity index (χ3n) is 5.81. The molecule has 0 aromatic heterocycles. The number of hydrogen-bond donors (Lipinski definition) is 1. The molecule has 4 saturated carbocycles. The molecule has 4 rings (SSSR count). The molecule has 0 heterocycles. The monoisotopic (exact) mass is 352 g/mol. The molecule has 0 aliphatic heterocycles. The van der Waals surface area contributed by atoms with E-state index in [1.807, 2.05) is 0 Å². The van der Waals surface area contributed by atoms with Crippen LogP contribution in [0.2, 0.25) is 0 Å². The molecule has 0 spiro atoms. The number of ether oxygens (including phenoxy) is 1. The van der Waals surface area contributed by atoms with Gasteiger partial charge in [0, 0.05) is 0 Å². The van der Waals surface area contributed by atoms with E-state index >= 15 is 0 Å². The number of carbonyl (C=O) groups excluding carboxylic acids is 1. The normalized spacial score (nSPS) is 36.2. The van der Waals surface area contributed by atoms with Crippen molar-refractivity contribution in [1.29, 1.82) is 0 Å². The summed E-state index contributed by atoms with van der Waals surface area (Å²) in [6.45, 7) is -0.244. The maximum atomic E-state index is 13.1. The number of esters is 1. The maximum absolute atomic E-state index is 13.1. The van der Waals surface area contributed by atoms with Gasteiger partial charge in [-0.05, 0) is 74.5 Å². The zero-order chi connectivity index (χ0) is 16.9. The van der Waals surface area contributed by atoms with Gasteiger partial charge in [0.15, 0.2) is 0 Å². The molecule has 132 valence electrons. The number of rotatable bonds is 6. The second kappa shape index (κ2) is 5.65. The minimum Gasteiger partial charge on any atom is -0.460 e. The van der Waals surface area contributed by atoms with Gasteiger partial charge >= 0.3 is 21.3 Å². The van der Waals surface area contributed by atoms with Crippen molar-refractivity contribution in [3.05, 3.63) is 0 Å². The van der Waals surface area contributed by atoms with Crippen molar-refractivity contribution in [2.75, 3.05) is 6.61 Å². The molecular formula is C15H22F2O5S. The minimum atomic E-state index is -5.78. The Balaban J connectivity index is 1.48. The predicted molar refractivity (Wildman–Crippen MR) is 77.3 cm³/mol. The van der Waals surface area contributed by atoms with Crippen LogP contribution < -0.4 is 0 Å². The van der Waals surface area contributed by atoms with E-state index in [-0.39, 0.29) is 12.0 Å². The summed E-state index contributed by atoms with van der Waals surface area (Å²) < 4.78 is 59.7. The lowest BCUT2D eigenvalue weighted by atomic mass is 9.48. The van der Waals surface area contributed by atoms with E-state index in [9.17, 15) is 22.0 Å². The van der Waals surface area contributed by atoms with Crippen LogP contribution in [0.25, 0.3) is 0 Å². The van der Waals surface area contributed by atoms with Crippen molar-refractivity contribution >= 4 is 16.1 Å². The van der Waals surface area contributed by atoms with Gasteiger partial charge in [0.1, 0.15) is 0 Å². The summed E-state index contributed by atoms with van der Waals surface area (Å²) in [4.78, 5) is 11.1. The van der Waals surface area contributed by atoms with Crippen LogP contribution in [0.4, 0.5) is 8.78 Å². The highest BCUT2D eigenvalue weighted by Crippen LogP contribution is 2.61. The van der Waals surface area contributed by atoms with Crippen LogP contribution in [0, 0.1) is 23.2 Å². The molecule has 4 bridgehead atoms. The van der Waals surface area contributed by atoms with Crippen LogP contribution in [0.3, 0.4) is 0 Å². The first-order valence-electron chi connectivity index (χ1n) is 8.13. The van der Waals surface area contributed by atoms with Crippen LogP contribution in [0.15, 0.2) is 0 Å². The van der Waals surface area contributed by atoms with Crippen molar-refractivity contribution in [3.63, 3.8) is 0 Å². The SMILES string of the molecule is O=C(OCCCC12CC3CC(CC(C3)C1)C2)C(F)(F)S(=O)(=O)O. The smallest absolute Gasteiger partial charge is 0.460 e. The van der Waals surface area contributed by atoms with Gasteiger partial charge in [-0.15, -0.1) is 0 Å². The standard InChI is InChI=1S/C15H22F2O5S/c16-15(17,23(19,20)21)13(18)22-3-1-2-14-7-10-4-11(8-14)6-12(5-10)9-14/h10-12H,1-9H2,(H,19,20,21). The first kappa shape index (κ1) is 17.1. The fraction of sp³-hybridized carbons (Fsp3) is 0.933. The van der Waals surface area contributed by atoms with E-state index in [0.717, 1.165) is 24.2 Å². The van der Waals surface area contributed by atoms with Crippen LogP contribution in [-0.2, 0) is 19.6 Å². The fourth-order valence-electron chi connectivity index (χ4n) is 5.40. The Morgan fingerprint density at radius 3 is 2.04 bits per heavy atom. The van der Waals surface area contributed by atoms with Crippen molar-refractivity contribution in [3.8, 4) is 0 Å². The number of halogens is 2. The second-order valence-electron chi connectivity index (χ2n) is 7.65. The molecule has 5 nitrogen and oxygen atoms in total. The Labute approximate surface area is 134 Å². The Kier molecular flexibility index (Phi) is 4.20. The summed E-state index contributed by atoms with van der Waals surface area (Å²) in [6.07, 6.45) is 8.73. The third kappa shape index (κ3) is 3.24. The van der Waals surface area contributed by atoms with Gasteiger partial charge < -0.3 is 4.74 Å². The summed E-state index contributed by atoms with van der Waals surface area (Å²) in [5, 5.41) is -4.90. The highest BCUT2D eigenvalue weighted by Gasteiger charge is 2.54. The average molecular weight is 352 g/mol. The molecule has 0 saturated heterocycles. The maximum Gasteiger partial charge on any atom is 0.465 e. The fourth-order valence-corrected chi connectivity index (χ4v) is 5.67. The third-order valence-corrected chi connectivity index (χ3v) is 6.63. The number of alkyl halides is 2. The van der Waals surface area contributed by atoms with Gasteiger partial charge in [0.25, 0.3) is 0 Å². The molecule has 4 fully saturated rings. The van der Waals surface area contributed by atoms with Gasteiger partial charge in [-0.25, -0.2) is 4.79 Å². The predicted octanol–water partition coefficient (Wildman–Crippen LogP) is 3.01. The van der Waals surface area contributed by atoms with Crippen molar-refractivity contribution in [2.45, 2.75) is 56.6 Å². The summed E-state index contributed by atoms with van der Waals surface area (Å²) in [6, 6.07) is 0. The van der Waals surface area contributed by atoms with E-state index in [1.165, 1.54) is 38.5 Å². The van der Waals surface area contributed by atoms with E-state index in [1.54, 1.807) is 0 Å². The van der Waals surface area contributed by atoms with Crippen molar-refractivity contribution < 1.29 is 31.3 Å². The summed E-state index contributed by atoms with van der Waals surface area (Å²) in [5.74, 6) is 0.151. The molecule has 8 heteroatoms. The lowest BCUT2D eigenvalue weighted by molar-refractivity contribution is -0.162. The summed E-state index contributed by atoms with van der Waals surface area (Å²) in [5.41, 5.74) is 0.257. The Bertz CT molecular complexity index is 551. The van der Waals surface area contributed by atoms with E-state index < -0.39 is 21.3 Å². The molecule has 23 heavy (non-hydrogen) atoms. The molecule has 0 radical (unpaired) electrons. The van der Waals surface area contributed by atoms with Gasteiger partial charge in [-0.2, -0.15) is 17.2 Å². The van der Waals surface area contributed by atoms with Crippen LogP contribution >= 0.6 is 0 Å². The van der Waals surface area contributed by atoms with Gasteiger partial charge in [0.2, 0.25) is 0 Å². The molecule has 1 N–H and O–H groups in total. The molecule has 0 aromatic rings. The Morgan fingerprint density at radius 1 is 1.13 bits per heavy atom. The van der Waals surface area contributed by atoms with Crippen molar-refractivity contribution in [1.82, 2.24) is 0 Å². The van der Waals surface area contributed by atoms with Crippen LogP contribution in [0.1, 0.15) is 51.4 Å². The number of hydrogen-bond acceptors (Lipinski definition) is 4. The highest BCUT2D eigenvalue weighted by atomic mass is 32.2. The molecule has 0 aromatic carbocycles. The zero-order valence-electron chi connectivity index (χ0n) is 12.8. The minimum absolute atomic E-state index is 0.244. The topological polar surface area (TPSA) is 80.7 Å². The molecule has 0 atom stereocenters.